The Morgan fingerprint density at radius 2 is 1.89 bits per heavy atom. The predicted octanol–water partition coefficient (Wildman–Crippen LogP) is 2.17. The van der Waals surface area contributed by atoms with Gasteiger partial charge in [0.25, 0.3) is 5.91 Å². The molecule has 1 saturated heterocycles. The van der Waals surface area contributed by atoms with E-state index in [2.05, 4.69) is 22.6 Å². The number of carbonyl (C=O) groups excluding carboxylic acids is 2. The summed E-state index contributed by atoms with van der Waals surface area (Å²) in [6.07, 6.45) is 0. The van der Waals surface area contributed by atoms with Crippen molar-refractivity contribution in [2.24, 2.45) is 11.8 Å². The molecule has 5 heteroatoms. The van der Waals surface area contributed by atoms with E-state index in [0.717, 1.165) is 3.57 Å². The number of amides is 1. The Kier molecular flexibility index (Phi) is 4.44. The smallest absolute Gasteiger partial charge is 0.310 e. The van der Waals surface area contributed by atoms with Gasteiger partial charge in [0.05, 0.1) is 13.0 Å². The van der Waals surface area contributed by atoms with E-state index in [9.17, 15) is 9.59 Å². The van der Waals surface area contributed by atoms with Crippen LogP contribution in [0.2, 0.25) is 0 Å². The van der Waals surface area contributed by atoms with Crippen LogP contribution in [0.3, 0.4) is 0 Å². The van der Waals surface area contributed by atoms with Crippen molar-refractivity contribution in [2.75, 3.05) is 20.2 Å². The lowest BCUT2D eigenvalue weighted by Crippen LogP contribution is -2.30. The van der Waals surface area contributed by atoms with Gasteiger partial charge in [-0.25, -0.2) is 0 Å². The molecule has 1 amide bonds. The fourth-order valence-corrected chi connectivity index (χ4v) is 2.73. The van der Waals surface area contributed by atoms with Crippen LogP contribution in [0, 0.1) is 15.4 Å². The topological polar surface area (TPSA) is 46.6 Å². The zero-order chi connectivity index (χ0) is 14.0. The summed E-state index contributed by atoms with van der Waals surface area (Å²) in [7, 11) is 1.39. The maximum absolute atomic E-state index is 12.3. The number of hydrogen-bond donors (Lipinski definition) is 0. The molecule has 1 fully saturated rings. The van der Waals surface area contributed by atoms with E-state index in [1.54, 1.807) is 4.90 Å². The summed E-state index contributed by atoms with van der Waals surface area (Å²) in [6.45, 7) is 3.02. The van der Waals surface area contributed by atoms with Gasteiger partial charge in [0, 0.05) is 22.2 Å². The van der Waals surface area contributed by atoms with Crippen LogP contribution in [0.4, 0.5) is 0 Å². The normalized spacial score (nSPS) is 22.4. The number of benzene rings is 1. The molecule has 0 radical (unpaired) electrons. The fraction of sp³-hybridized carbons (Fsp3) is 0.429. The second kappa shape index (κ2) is 5.90. The molecule has 1 aromatic carbocycles. The molecule has 2 rings (SSSR count). The van der Waals surface area contributed by atoms with Crippen LogP contribution in [-0.4, -0.2) is 37.0 Å². The summed E-state index contributed by atoms with van der Waals surface area (Å²) in [5.41, 5.74) is 0.665. The van der Waals surface area contributed by atoms with Crippen molar-refractivity contribution in [3.05, 3.63) is 33.4 Å². The Balaban J connectivity index is 2.09. The second-order valence-corrected chi connectivity index (χ2v) is 6.07. The minimum atomic E-state index is -0.231. The van der Waals surface area contributed by atoms with Crippen LogP contribution in [0.25, 0.3) is 0 Å². The van der Waals surface area contributed by atoms with Gasteiger partial charge in [-0.2, -0.15) is 0 Å². The summed E-state index contributed by atoms with van der Waals surface area (Å²) in [6, 6.07) is 7.46. The molecular weight excluding hydrogens is 357 g/mol. The molecule has 2 unspecified atom stereocenters. The van der Waals surface area contributed by atoms with Crippen molar-refractivity contribution < 1.29 is 14.3 Å². The Bertz CT molecular complexity index is 486. The van der Waals surface area contributed by atoms with Gasteiger partial charge >= 0.3 is 5.97 Å². The maximum atomic E-state index is 12.3. The maximum Gasteiger partial charge on any atom is 0.310 e. The molecule has 0 spiro atoms. The van der Waals surface area contributed by atoms with Gasteiger partial charge in [0.1, 0.15) is 0 Å². The third-order valence-electron chi connectivity index (χ3n) is 3.49. The highest BCUT2D eigenvalue weighted by Crippen LogP contribution is 2.25. The number of nitrogens with zero attached hydrogens (tertiary/aromatic N) is 1. The summed E-state index contributed by atoms with van der Waals surface area (Å²) in [5, 5.41) is 0. The Labute approximate surface area is 126 Å². The molecule has 19 heavy (non-hydrogen) atoms. The van der Waals surface area contributed by atoms with Gasteiger partial charge in [0.15, 0.2) is 0 Å². The van der Waals surface area contributed by atoms with E-state index in [-0.39, 0.29) is 23.7 Å². The number of ether oxygens (including phenoxy) is 1. The molecule has 1 aliphatic heterocycles. The average Bonchev–Trinajstić information content (AvgIpc) is 2.80. The molecule has 0 aromatic heterocycles. The van der Waals surface area contributed by atoms with Crippen molar-refractivity contribution in [2.45, 2.75) is 6.92 Å². The fourth-order valence-electron chi connectivity index (χ4n) is 2.37. The van der Waals surface area contributed by atoms with Crippen molar-refractivity contribution in [1.29, 1.82) is 0 Å². The molecule has 102 valence electrons. The van der Waals surface area contributed by atoms with Crippen molar-refractivity contribution in [3.63, 3.8) is 0 Å². The summed E-state index contributed by atoms with van der Waals surface area (Å²) in [4.78, 5) is 25.7. The number of rotatable bonds is 2. The lowest BCUT2D eigenvalue weighted by atomic mass is 9.99. The van der Waals surface area contributed by atoms with E-state index < -0.39 is 0 Å². The van der Waals surface area contributed by atoms with Crippen molar-refractivity contribution >= 4 is 34.5 Å². The quantitative estimate of drug-likeness (QED) is 0.590. The number of likely N-dealkylation sites (tertiary alicyclic amines) is 1. The summed E-state index contributed by atoms with van der Waals surface area (Å²) >= 11 is 2.20. The van der Waals surface area contributed by atoms with Crippen LogP contribution >= 0.6 is 22.6 Å². The van der Waals surface area contributed by atoms with E-state index >= 15 is 0 Å². The van der Waals surface area contributed by atoms with Crippen LogP contribution in [0.5, 0.6) is 0 Å². The molecule has 1 aliphatic rings. The number of esters is 1. The van der Waals surface area contributed by atoms with E-state index in [0.29, 0.717) is 18.7 Å². The van der Waals surface area contributed by atoms with Gasteiger partial charge in [-0.15, -0.1) is 0 Å². The van der Waals surface area contributed by atoms with Crippen LogP contribution in [0.15, 0.2) is 24.3 Å². The predicted molar refractivity (Wildman–Crippen MR) is 79.7 cm³/mol. The number of halogens is 1. The molecule has 4 nitrogen and oxygen atoms in total. The first kappa shape index (κ1) is 14.3. The molecule has 1 aromatic rings. The Morgan fingerprint density at radius 1 is 1.26 bits per heavy atom. The van der Waals surface area contributed by atoms with Crippen molar-refractivity contribution in [3.8, 4) is 0 Å². The molecule has 0 bridgehead atoms. The standard InChI is InChI=1S/C14H16INO3/c1-9-7-16(8-12(9)14(18)19-2)13(17)10-3-5-11(15)6-4-10/h3-6,9,12H,7-8H2,1-2H3. The van der Waals surface area contributed by atoms with Crippen LogP contribution in [-0.2, 0) is 9.53 Å². The first-order valence-corrected chi connectivity index (χ1v) is 7.23. The highest BCUT2D eigenvalue weighted by molar-refractivity contribution is 14.1. The molecule has 0 N–H and O–H groups in total. The second-order valence-electron chi connectivity index (χ2n) is 4.82. The summed E-state index contributed by atoms with van der Waals surface area (Å²) < 4.78 is 5.87. The Hall–Kier alpha value is -1.11. The van der Waals surface area contributed by atoms with Crippen molar-refractivity contribution in [1.82, 2.24) is 4.90 Å². The van der Waals surface area contributed by atoms with E-state index in [1.165, 1.54) is 7.11 Å². The van der Waals surface area contributed by atoms with Gasteiger partial charge in [-0.3, -0.25) is 9.59 Å². The van der Waals surface area contributed by atoms with Gasteiger partial charge in [-0.1, -0.05) is 6.92 Å². The summed E-state index contributed by atoms with van der Waals surface area (Å²) in [5.74, 6) is -0.321. The number of methoxy groups -OCH3 is 1. The van der Waals surface area contributed by atoms with Gasteiger partial charge in [0.2, 0.25) is 0 Å². The third kappa shape index (κ3) is 3.08. The molecular formula is C14H16INO3. The molecule has 0 saturated carbocycles. The highest BCUT2D eigenvalue weighted by Gasteiger charge is 2.37. The Morgan fingerprint density at radius 3 is 2.47 bits per heavy atom. The van der Waals surface area contributed by atoms with E-state index in [4.69, 9.17) is 4.74 Å². The first-order valence-electron chi connectivity index (χ1n) is 6.15. The van der Waals surface area contributed by atoms with Gasteiger partial charge in [-0.05, 0) is 52.8 Å². The van der Waals surface area contributed by atoms with Crippen LogP contribution in [0.1, 0.15) is 17.3 Å². The van der Waals surface area contributed by atoms with Crippen LogP contribution < -0.4 is 0 Å². The highest BCUT2D eigenvalue weighted by atomic mass is 127. The third-order valence-corrected chi connectivity index (χ3v) is 4.21. The zero-order valence-corrected chi connectivity index (χ0v) is 13.1. The van der Waals surface area contributed by atoms with Gasteiger partial charge < -0.3 is 9.64 Å². The molecule has 0 aliphatic carbocycles. The number of hydrogen-bond acceptors (Lipinski definition) is 3. The largest absolute Gasteiger partial charge is 0.469 e. The first-order chi connectivity index (χ1) is 9.02. The molecule has 1 heterocycles. The monoisotopic (exact) mass is 373 g/mol. The lowest BCUT2D eigenvalue weighted by molar-refractivity contribution is -0.146. The van der Waals surface area contributed by atoms with E-state index in [1.807, 2.05) is 31.2 Å². The minimum Gasteiger partial charge on any atom is -0.469 e. The lowest BCUT2D eigenvalue weighted by Gasteiger charge is -2.16. The molecule has 2 atom stereocenters. The zero-order valence-electron chi connectivity index (χ0n) is 10.9. The minimum absolute atomic E-state index is 0.0188. The number of carbonyl (C=O) groups is 2. The SMILES string of the molecule is COC(=O)C1CN(C(=O)c2ccc(I)cc2)CC1C. The average molecular weight is 373 g/mol.